The van der Waals surface area contributed by atoms with E-state index in [0.29, 0.717) is 15.9 Å². The van der Waals surface area contributed by atoms with Crippen molar-refractivity contribution >= 4 is 27.3 Å². The van der Waals surface area contributed by atoms with Gasteiger partial charge in [0.25, 0.3) is 0 Å². The van der Waals surface area contributed by atoms with Crippen molar-refractivity contribution < 1.29 is 13.2 Å². The van der Waals surface area contributed by atoms with Crippen molar-refractivity contribution in [3.63, 3.8) is 0 Å². The van der Waals surface area contributed by atoms with Gasteiger partial charge in [0.2, 0.25) is 0 Å². The summed E-state index contributed by atoms with van der Waals surface area (Å²) in [7, 11) is 1.71. The molecule has 1 heterocycles. The van der Waals surface area contributed by atoms with Gasteiger partial charge in [0, 0.05) is 17.7 Å². The molecule has 2 rings (SSSR count). The monoisotopic (exact) mass is 333 g/mol. The molecule has 1 aromatic heterocycles. The summed E-state index contributed by atoms with van der Waals surface area (Å²) in [4.78, 5) is 0. The Morgan fingerprint density at radius 1 is 1.26 bits per heavy atom. The Labute approximate surface area is 116 Å². The normalized spacial score (nSPS) is 11.7. The van der Waals surface area contributed by atoms with Crippen LogP contribution in [0.5, 0.6) is 0 Å². The number of aromatic nitrogens is 2. The Kier molecular flexibility index (Phi) is 3.58. The van der Waals surface area contributed by atoms with Crippen molar-refractivity contribution in [1.29, 1.82) is 0 Å². The summed E-state index contributed by atoms with van der Waals surface area (Å²) in [6.45, 7) is 1.73. The Morgan fingerprint density at radius 2 is 1.95 bits per heavy atom. The summed E-state index contributed by atoms with van der Waals surface area (Å²) in [5, 5.41) is 6.86. The number of hydrogen-bond acceptors (Lipinski definition) is 2. The fourth-order valence-corrected chi connectivity index (χ4v) is 2.10. The van der Waals surface area contributed by atoms with E-state index in [9.17, 15) is 13.2 Å². The lowest BCUT2D eigenvalue weighted by Crippen LogP contribution is -2.08. The van der Waals surface area contributed by atoms with Gasteiger partial charge in [-0.2, -0.15) is 18.3 Å². The molecule has 0 bridgehead atoms. The summed E-state index contributed by atoms with van der Waals surface area (Å²) in [6.07, 6.45) is -2.77. The highest BCUT2D eigenvalue weighted by atomic mass is 79.9. The smallest absolute Gasteiger partial charge is 0.352 e. The second-order valence-corrected chi connectivity index (χ2v) is 5.03. The molecule has 0 radical (unpaired) electrons. The van der Waals surface area contributed by atoms with Crippen LogP contribution >= 0.6 is 15.9 Å². The van der Waals surface area contributed by atoms with Gasteiger partial charge in [0.15, 0.2) is 0 Å². The van der Waals surface area contributed by atoms with Gasteiger partial charge in [-0.1, -0.05) is 15.9 Å². The van der Waals surface area contributed by atoms with E-state index >= 15 is 0 Å². The molecular weight excluding hydrogens is 323 g/mol. The van der Waals surface area contributed by atoms with Crippen molar-refractivity contribution in [3.05, 3.63) is 40.1 Å². The van der Waals surface area contributed by atoms with Crippen LogP contribution in [0.2, 0.25) is 0 Å². The lowest BCUT2D eigenvalue weighted by atomic mass is 10.1. The second-order valence-electron chi connectivity index (χ2n) is 4.11. The predicted molar refractivity (Wildman–Crippen MR) is 70.4 cm³/mol. The number of rotatable bonds is 2. The minimum absolute atomic E-state index is 0.00187. The summed E-state index contributed by atoms with van der Waals surface area (Å²) in [5.41, 5.74) is 0.471. The average molecular weight is 334 g/mol. The quantitative estimate of drug-likeness (QED) is 0.890. The largest absolute Gasteiger partial charge is 0.418 e. The maximum atomic E-state index is 12.9. The molecule has 0 saturated carbocycles. The Bertz CT molecular complexity index is 605. The molecule has 0 amide bonds. The summed E-state index contributed by atoms with van der Waals surface area (Å²) < 4.78 is 40.9. The first-order valence-electron chi connectivity index (χ1n) is 5.41. The van der Waals surface area contributed by atoms with E-state index in [2.05, 4.69) is 26.3 Å². The van der Waals surface area contributed by atoms with Gasteiger partial charge in [0.05, 0.1) is 22.6 Å². The van der Waals surface area contributed by atoms with Crippen molar-refractivity contribution in [2.75, 3.05) is 5.32 Å². The molecule has 0 spiro atoms. The fourth-order valence-electron chi connectivity index (χ4n) is 1.73. The van der Waals surface area contributed by atoms with E-state index in [4.69, 9.17) is 0 Å². The number of halogens is 4. The first kappa shape index (κ1) is 13.9. The highest BCUT2D eigenvalue weighted by Crippen LogP contribution is 2.37. The molecular formula is C12H11BrF3N3. The number of anilines is 2. The third-order valence-electron chi connectivity index (χ3n) is 2.57. The zero-order valence-electron chi connectivity index (χ0n) is 10.2. The van der Waals surface area contributed by atoms with Crippen LogP contribution in [-0.4, -0.2) is 9.78 Å². The molecule has 1 aromatic carbocycles. The lowest BCUT2D eigenvalue weighted by Gasteiger charge is -2.14. The third kappa shape index (κ3) is 3.09. The summed E-state index contributed by atoms with van der Waals surface area (Å²) in [5.74, 6) is 0. The molecule has 0 atom stereocenters. The molecule has 0 aliphatic carbocycles. The topological polar surface area (TPSA) is 29.9 Å². The van der Waals surface area contributed by atoms with Crippen LogP contribution in [0.4, 0.5) is 24.5 Å². The van der Waals surface area contributed by atoms with Crippen molar-refractivity contribution in [1.82, 2.24) is 9.78 Å². The van der Waals surface area contributed by atoms with Crippen molar-refractivity contribution in [2.24, 2.45) is 7.05 Å². The minimum atomic E-state index is -4.40. The summed E-state index contributed by atoms with van der Waals surface area (Å²) >= 11 is 3.17. The molecule has 0 aliphatic heterocycles. The van der Waals surface area contributed by atoms with Gasteiger partial charge >= 0.3 is 6.18 Å². The number of benzene rings is 1. The standard InChI is InChI=1S/C12H11BrF3N3/c1-7-11(6-19(2)18-7)17-10-5-8(13)3-4-9(10)12(14,15)16/h3-6,17H,1-2H3. The van der Waals surface area contributed by atoms with Gasteiger partial charge in [-0.25, -0.2) is 0 Å². The van der Waals surface area contributed by atoms with E-state index < -0.39 is 11.7 Å². The fraction of sp³-hybridized carbons (Fsp3) is 0.250. The van der Waals surface area contributed by atoms with Crippen LogP contribution in [0.3, 0.4) is 0 Å². The van der Waals surface area contributed by atoms with Crippen LogP contribution in [0.15, 0.2) is 28.9 Å². The molecule has 0 fully saturated rings. The predicted octanol–water partition coefficient (Wildman–Crippen LogP) is 4.25. The highest BCUT2D eigenvalue weighted by molar-refractivity contribution is 9.10. The average Bonchev–Trinajstić information content (AvgIpc) is 2.55. The second kappa shape index (κ2) is 4.88. The molecule has 19 heavy (non-hydrogen) atoms. The minimum Gasteiger partial charge on any atom is -0.352 e. The molecule has 0 saturated heterocycles. The van der Waals surface area contributed by atoms with Gasteiger partial charge in [-0.05, 0) is 25.1 Å². The Balaban J connectivity index is 2.44. The maximum absolute atomic E-state index is 12.9. The number of hydrogen-bond donors (Lipinski definition) is 1. The molecule has 3 nitrogen and oxygen atoms in total. The van der Waals surface area contributed by atoms with Crippen LogP contribution in [0, 0.1) is 6.92 Å². The van der Waals surface area contributed by atoms with Crippen LogP contribution in [0.1, 0.15) is 11.3 Å². The van der Waals surface area contributed by atoms with E-state index in [-0.39, 0.29) is 5.69 Å². The molecule has 102 valence electrons. The van der Waals surface area contributed by atoms with Gasteiger partial charge in [-0.3, -0.25) is 4.68 Å². The van der Waals surface area contributed by atoms with E-state index in [1.54, 1.807) is 24.9 Å². The molecule has 1 N–H and O–H groups in total. The first-order valence-corrected chi connectivity index (χ1v) is 6.20. The Morgan fingerprint density at radius 3 is 2.47 bits per heavy atom. The van der Waals surface area contributed by atoms with E-state index in [1.165, 1.54) is 12.1 Å². The molecule has 2 aromatic rings. The van der Waals surface area contributed by atoms with Crippen molar-refractivity contribution in [3.8, 4) is 0 Å². The SMILES string of the molecule is Cc1nn(C)cc1Nc1cc(Br)ccc1C(F)(F)F. The number of nitrogens with one attached hydrogen (secondary N) is 1. The van der Waals surface area contributed by atoms with Gasteiger partial charge in [-0.15, -0.1) is 0 Å². The van der Waals surface area contributed by atoms with Crippen LogP contribution < -0.4 is 5.32 Å². The maximum Gasteiger partial charge on any atom is 0.418 e. The number of aryl methyl sites for hydroxylation is 2. The summed E-state index contributed by atoms with van der Waals surface area (Å²) in [6, 6.07) is 3.80. The van der Waals surface area contributed by atoms with Crippen LogP contribution in [0.25, 0.3) is 0 Å². The highest BCUT2D eigenvalue weighted by Gasteiger charge is 2.33. The zero-order valence-corrected chi connectivity index (χ0v) is 11.8. The van der Waals surface area contributed by atoms with Gasteiger partial charge in [0.1, 0.15) is 0 Å². The first-order chi connectivity index (χ1) is 8.77. The number of nitrogens with zero attached hydrogens (tertiary/aromatic N) is 2. The third-order valence-corrected chi connectivity index (χ3v) is 3.06. The van der Waals surface area contributed by atoms with E-state index in [1.807, 2.05) is 0 Å². The molecule has 0 unspecified atom stereocenters. The number of alkyl halides is 3. The van der Waals surface area contributed by atoms with Crippen LogP contribution in [-0.2, 0) is 13.2 Å². The lowest BCUT2D eigenvalue weighted by molar-refractivity contribution is -0.136. The zero-order chi connectivity index (χ0) is 14.2. The van der Waals surface area contributed by atoms with Gasteiger partial charge < -0.3 is 5.32 Å². The van der Waals surface area contributed by atoms with E-state index in [0.717, 1.165) is 6.07 Å². The molecule has 0 aliphatic rings. The molecule has 7 heteroatoms. The Hall–Kier alpha value is -1.50. The van der Waals surface area contributed by atoms with Crippen molar-refractivity contribution in [2.45, 2.75) is 13.1 Å².